The largest absolute Gasteiger partial charge is 0.477 e. The van der Waals surface area contributed by atoms with Gasteiger partial charge in [0.05, 0.1) is 0 Å². The topological polar surface area (TPSA) is 98.4 Å². The molecule has 0 amide bonds. The monoisotopic (exact) mass is 450 g/mol. The Bertz CT molecular complexity index is 1270. The van der Waals surface area contributed by atoms with Crippen LogP contribution in [0.5, 0.6) is 0 Å². The summed E-state index contributed by atoms with van der Waals surface area (Å²) < 4.78 is 1.97. The van der Waals surface area contributed by atoms with Crippen molar-refractivity contribution in [2.24, 2.45) is 0 Å². The fourth-order valence-corrected chi connectivity index (χ4v) is 4.62. The lowest BCUT2D eigenvalue weighted by Gasteiger charge is -2.14. The quantitative estimate of drug-likeness (QED) is 0.471. The number of hydrogen-bond acceptors (Lipinski definition) is 6. The molecule has 32 heavy (non-hydrogen) atoms. The number of nitrogens with one attached hydrogen (secondary N) is 1. The van der Waals surface area contributed by atoms with Crippen molar-refractivity contribution in [3.05, 3.63) is 61.2 Å². The van der Waals surface area contributed by atoms with E-state index < -0.39 is 11.5 Å². The van der Waals surface area contributed by atoms with E-state index in [-0.39, 0.29) is 10.2 Å². The average Bonchev–Trinajstić information content (AvgIpc) is 3.40. The van der Waals surface area contributed by atoms with Gasteiger partial charge in [-0.1, -0.05) is 34.9 Å². The van der Waals surface area contributed by atoms with E-state index in [0.29, 0.717) is 11.1 Å². The number of likely N-dealkylation sites (tertiary alicyclic amines) is 1. The zero-order valence-corrected chi connectivity index (χ0v) is 18.9. The Labute approximate surface area is 190 Å². The Hall–Kier alpha value is -3.33. The van der Waals surface area contributed by atoms with Gasteiger partial charge in [-0.25, -0.2) is 4.79 Å². The van der Waals surface area contributed by atoms with E-state index in [1.807, 2.05) is 12.1 Å². The molecule has 0 radical (unpaired) electrons. The van der Waals surface area contributed by atoms with Gasteiger partial charge in [-0.05, 0) is 69.9 Å². The predicted octanol–water partition coefficient (Wildman–Crippen LogP) is 1.88. The van der Waals surface area contributed by atoms with Gasteiger partial charge < -0.3 is 15.3 Å². The van der Waals surface area contributed by atoms with Gasteiger partial charge in [-0.3, -0.25) is 9.36 Å². The first-order chi connectivity index (χ1) is 15.5. The first-order valence-electron chi connectivity index (χ1n) is 10.7. The van der Waals surface area contributed by atoms with Crippen LogP contribution in [0, 0.1) is 11.3 Å². The molecule has 1 aromatic carbocycles. The minimum atomic E-state index is -1.38. The summed E-state index contributed by atoms with van der Waals surface area (Å²) in [6.07, 6.45) is 6.34. The highest BCUT2D eigenvalue weighted by molar-refractivity contribution is 7.07. The molecular formula is C24H26N4O3S. The molecule has 0 spiro atoms. The third-order valence-electron chi connectivity index (χ3n) is 5.26. The summed E-state index contributed by atoms with van der Waals surface area (Å²) in [5.74, 6) is -1.38. The molecule has 1 aromatic heterocycles. The van der Waals surface area contributed by atoms with Crippen molar-refractivity contribution in [3.8, 4) is 6.07 Å². The molecule has 2 heterocycles. The SMILES string of the molecule is CCn1c(=C=C(C#N)C(=O)O)sc(=C=CNc2cccc(CCCN3CCCC3)c2)c1=O. The van der Waals surface area contributed by atoms with Crippen LogP contribution in [0.4, 0.5) is 5.69 Å². The molecule has 1 aliphatic rings. The van der Waals surface area contributed by atoms with Gasteiger partial charge in [0.15, 0.2) is 5.57 Å². The molecular weight excluding hydrogens is 424 g/mol. The van der Waals surface area contributed by atoms with Gasteiger partial charge in [0.1, 0.15) is 15.3 Å². The molecule has 166 valence electrons. The number of carboxylic acids is 1. The van der Waals surface area contributed by atoms with Crippen LogP contribution in [0.2, 0.25) is 0 Å². The maximum absolute atomic E-state index is 12.6. The first-order valence-corrected chi connectivity index (χ1v) is 11.5. The summed E-state index contributed by atoms with van der Waals surface area (Å²) in [5.41, 5.74) is 6.80. The number of nitrogens with zero attached hydrogens (tertiary/aromatic N) is 3. The highest BCUT2D eigenvalue weighted by Crippen LogP contribution is 2.14. The van der Waals surface area contributed by atoms with E-state index in [1.165, 1.54) is 36.1 Å². The van der Waals surface area contributed by atoms with Gasteiger partial charge >= 0.3 is 5.97 Å². The van der Waals surface area contributed by atoms with Crippen molar-refractivity contribution >= 4 is 34.5 Å². The maximum atomic E-state index is 12.6. The molecule has 2 N–H and O–H groups in total. The summed E-state index contributed by atoms with van der Waals surface area (Å²) in [6.45, 7) is 5.68. The Morgan fingerprint density at radius 1 is 1.34 bits per heavy atom. The van der Waals surface area contributed by atoms with Crippen LogP contribution < -0.4 is 20.1 Å². The number of carbonyl (C=O) groups is 1. The third-order valence-corrected chi connectivity index (χ3v) is 6.28. The van der Waals surface area contributed by atoms with Crippen LogP contribution in [0.1, 0.15) is 31.7 Å². The second kappa shape index (κ2) is 11.3. The molecule has 7 nitrogen and oxygen atoms in total. The highest BCUT2D eigenvalue weighted by Gasteiger charge is 2.10. The number of aliphatic carboxylic acids is 1. The molecule has 1 fully saturated rings. The number of anilines is 1. The third kappa shape index (κ3) is 6.10. The van der Waals surface area contributed by atoms with Crippen molar-refractivity contribution in [2.75, 3.05) is 25.0 Å². The zero-order valence-electron chi connectivity index (χ0n) is 18.1. The number of rotatable bonds is 8. The lowest BCUT2D eigenvalue weighted by Crippen LogP contribution is -2.30. The molecule has 0 aliphatic carbocycles. The number of aromatic nitrogens is 1. The molecule has 0 saturated carbocycles. The Balaban J connectivity index is 1.78. The van der Waals surface area contributed by atoms with Gasteiger partial charge in [0.25, 0.3) is 5.56 Å². The van der Waals surface area contributed by atoms with Crippen molar-refractivity contribution in [1.29, 1.82) is 5.26 Å². The van der Waals surface area contributed by atoms with Crippen molar-refractivity contribution in [2.45, 2.75) is 39.2 Å². The summed E-state index contributed by atoms with van der Waals surface area (Å²) in [6, 6.07) is 9.75. The second-order valence-corrected chi connectivity index (χ2v) is 8.49. The molecule has 3 rings (SSSR count). The fraction of sp³-hybridized carbons (Fsp3) is 0.375. The fourth-order valence-electron chi connectivity index (χ4n) is 3.63. The zero-order chi connectivity index (χ0) is 22.9. The van der Waals surface area contributed by atoms with Crippen LogP contribution in [0.15, 0.2) is 40.8 Å². The van der Waals surface area contributed by atoms with E-state index in [9.17, 15) is 9.59 Å². The number of aryl methyl sites for hydroxylation is 1. The van der Waals surface area contributed by atoms with Crippen LogP contribution in [0.3, 0.4) is 0 Å². The molecule has 2 aromatic rings. The van der Waals surface area contributed by atoms with E-state index in [0.717, 1.165) is 36.4 Å². The molecule has 1 saturated heterocycles. The number of carboxylic acid groups (broad SMARTS) is 1. The van der Waals surface area contributed by atoms with Crippen LogP contribution >= 0.6 is 11.3 Å². The van der Waals surface area contributed by atoms with E-state index in [4.69, 9.17) is 10.4 Å². The Kier molecular flexibility index (Phi) is 8.27. The van der Waals surface area contributed by atoms with Gasteiger partial charge in [0, 0.05) is 18.4 Å². The van der Waals surface area contributed by atoms with Crippen molar-refractivity contribution < 1.29 is 9.90 Å². The minimum Gasteiger partial charge on any atom is -0.477 e. The summed E-state index contributed by atoms with van der Waals surface area (Å²) in [4.78, 5) is 26.2. The highest BCUT2D eigenvalue weighted by atomic mass is 32.1. The second-order valence-electron chi connectivity index (χ2n) is 7.49. The average molecular weight is 451 g/mol. The number of hydrogen-bond donors (Lipinski definition) is 2. The number of nitriles is 1. The van der Waals surface area contributed by atoms with Gasteiger partial charge in [0.2, 0.25) is 0 Å². The summed E-state index contributed by atoms with van der Waals surface area (Å²) in [5, 5.41) is 21.1. The molecule has 0 unspecified atom stereocenters. The molecule has 1 aliphatic heterocycles. The van der Waals surface area contributed by atoms with Gasteiger partial charge in [-0.2, -0.15) is 5.26 Å². The van der Waals surface area contributed by atoms with Crippen LogP contribution in [-0.4, -0.2) is 40.2 Å². The smallest absolute Gasteiger partial charge is 0.354 e. The molecule has 8 heteroatoms. The van der Waals surface area contributed by atoms with E-state index in [1.54, 1.807) is 19.2 Å². The lowest BCUT2D eigenvalue weighted by atomic mass is 10.1. The van der Waals surface area contributed by atoms with Crippen LogP contribution in [0.25, 0.3) is 11.5 Å². The van der Waals surface area contributed by atoms with Gasteiger partial charge in [-0.15, -0.1) is 0 Å². The lowest BCUT2D eigenvalue weighted by molar-refractivity contribution is -0.132. The normalized spacial score (nSPS) is 13.1. The summed E-state index contributed by atoms with van der Waals surface area (Å²) >= 11 is 1.05. The van der Waals surface area contributed by atoms with E-state index in [2.05, 4.69) is 33.8 Å². The first kappa shape index (κ1) is 23.3. The number of thiazole rings is 1. The standard InChI is InChI=1S/C24H26N4O3S/c1-2-28-22(16-19(17-25)24(30)31)32-21(23(28)29)10-11-26-20-9-5-7-18(15-20)8-6-14-27-12-3-4-13-27/h5,7,9,11,15,26H,2-4,6,8,12-14H2,1H3,(H,30,31). The molecule has 0 atom stereocenters. The number of benzene rings is 1. The Morgan fingerprint density at radius 3 is 2.81 bits per heavy atom. The van der Waals surface area contributed by atoms with Crippen molar-refractivity contribution in [3.63, 3.8) is 0 Å². The van der Waals surface area contributed by atoms with E-state index >= 15 is 0 Å². The summed E-state index contributed by atoms with van der Waals surface area (Å²) in [7, 11) is 0. The van der Waals surface area contributed by atoms with Crippen molar-refractivity contribution in [1.82, 2.24) is 9.47 Å². The van der Waals surface area contributed by atoms with Crippen LogP contribution in [-0.2, 0) is 17.8 Å². The minimum absolute atomic E-state index is 0.285. The Morgan fingerprint density at radius 2 is 2.12 bits per heavy atom. The predicted molar refractivity (Wildman–Crippen MR) is 126 cm³/mol. The maximum Gasteiger partial charge on any atom is 0.354 e. The molecule has 0 bridgehead atoms.